The van der Waals surface area contributed by atoms with Crippen LogP contribution < -0.4 is 11.1 Å². The largest absolute Gasteiger partial charge is 0.326 e. The highest BCUT2D eigenvalue weighted by atomic mass is 35.5. The molecule has 3 N–H and O–H groups in total. The summed E-state index contributed by atoms with van der Waals surface area (Å²) < 4.78 is 0. The number of carbonyl (C=O) groups is 1. The Bertz CT molecular complexity index is 707. The van der Waals surface area contributed by atoms with Crippen molar-refractivity contribution in [3.63, 3.8) is 0 Å². The molecule has 0 spiro atoms. The highest BCUT2D eigenvalue weighted by Gasteiger charge is 2.09. The predicted octanol–water partition coefficient (Wildman–Crippen LogP) is 2.85. The number of rotatable bonds is 4. The molecule has 2 rings (SSSR count). The van der Waals surface area contributed by atoms with E-state index in [2.05, 4.69) is 5.32 Å². The van der Waals surface area contributed by atoms with Crippen molar-refractivity contribution in [3.8, 4) is 6.07 Å². The molecule has 106 valence electrons. The molecule has 0 atom stereocenters. The number of anilines is 1. The molecule has 0 fully saturated rings. The number of halogens is 1. The van der Waals surface area contributed by atoms with E-state index in [9.17, 15) is 4.79 Å². The molecular formula is C16H14ClN3O. The zero-order valence-electron chi connectivity index (χ0n) is 11.3. The van der Waals surface area contributed by atoms with Crippen molar-refractivity contribution < 1.29 is 4.79 Å². The molecule has 21 heavy (non-hydrogen) atoms. The molecule has 0 aromatic heterocycles. The van der Waals surface area contributed by atoms with Crippen LogP contribution in [0.4, 0.5) is 5.69 Å². The Morgan fingerprint density at radius 2 is 1.95 bits per heavy atom. The van der Waals surface area contributed by atoms with E-state index in [1.54, 1.807) is 12.1 Å². The smallest absolute Gasteiger partial charge is 0.228 e. The third kappa shape index (κ3) is 3.82. The number of nitrogens with zero attached hydrogens (tertiary/aromatic N) is 1. The molecule has 0 heterocycles. The zero-order valence-corrected chi connectivity index (χ0v) is 12.0. The van der Waals surface area contributed by atoms with Crippen LogP contribution in [0.5, 0.6) is 0 Å². The van der Waals surface area contributed by atoms with Gasteiger partial charge in [-0.15, -0.1) is 0 Å². The Balaban J connectivity index is 2.10. The summed E-state index contributed by atoms with van der Waals surface area (Å²) in [5.41, 5.74) is 8.43. The summed E-state index contributed by atoms with van der Waals surface area (Å²) in [6, 6.07) is 14.3. The average Bonchev–Trinajstić information content (AvgIpc) is 2.49. The highest BCUT2D eigenvalue weighted by molar-refractivity contribution is 6.33. The minimum Gasteiger partial charge on any atom is -0.326 e. The first-order valence-electron chi connectivity index (χ1n) is 6.40. The van der Waals surface area contributed by atoms with E-state index in [-0.39, 0.29) is 12.3 Å². The summed E-state index contributed by atoms with van der Waals surface area (Å²) in [6.45, 7) is 0.390. The number of hydrogen-bond donors (Lipinski definition) is 2. The SMILES string of the molecule is N#Cc1ccc(NC(=O)Cc2ccccc2CN)c(Cl)c1. The van der Waals surface area contributed by atoms with E-state index < -0.39 is 0 Å². The lowest BCUT2D eigenvalue weighted by atomic mass is 10.0. The first kappa shape index (κ1) is 15.0. The summed E-state index contributed by atoms with van der Waals surface area (Å²) in [4.78, 5) is 12.1. The molecule has 0 aliphatic carbocycles. The van der Waals surface area contributed by atoms with E-state index in [4.69, 9.17) is 22.6 Å². The highest BCUT2D eigenvalue weighted by Crippen LogP contribution is 2.23. The predicted molar refractivity (Wildman–Crippen MR) is 82.8 cm³/mol. The van der Waals surface area contributed by atoms with E-state index in [0.717, 1.165) is 11.1 Å². The number of amides is 1. The van der Waals surface area contributed by atoms with E-state index in [1.165, 1.54) is 6.07 Å². The third-order valence-electron chi connectivity index (χ3n) is 3.06. The van der Waals surface area contributed by atoms with E-state index in [1.807, 2.05) is 30.3 Å². The number of nitriles is 1. The zero-order chi connectivity index (χ0) is 15.2. The number of hydrogen-bond acceptors (Lipinski definition) is 3. The molecule has 2 aromatic rings. The lowest BCUT2D eigenvalue weighted by Crippen LogP contribution is -2.16. The monoisotopic (exact) mass is 299 g/mol. The molecule has 1 amide bonds. The van der Waals surface area contributed by atoms with Gasteiger partial charge in [0.1, 0.15) is 0 Å². The molecular weight excluding hydrogens is 286 g/mol. The number of carbonyl (C=O) groups excluding carboxylic acids is 1. The van der Waals surface area contributed by atoms with Crippen molar-refractivity contribution in [2.75, 3.05) is 5.32 Å². The van der Waals surface area contributed by atoms with Crippen LogP contribution in [0.25, 0.3) is 0 Å². The normalized spacial score (nSPS) is 9.95. The summed E-state index contributed by atoms with van der Waals surface area (Å²) in [5, 5.41) is 11.9. The van der Waals surface area contributed by atoms with Gasteiger partial charge in [0.2, 0.25) is 5.91 Å². The van der Waals surface area contributed by atoms with Gasteiger partial charge in [0.15, 0.2) is 0 Å². The van der Waals surface area contributed by atoms with Gasteiger partial charge < -0.3 is 11.1 Å². The molecule has 0 bridgehead atoms. The summed E-state index contributed by atoms with van der Waals surface area (Å²) in [5.74, 6) is -0.178. The first-order valence-corrected chi connectivity index (χ1v) is 6.78. The second kappa shape index (κ2) is 6.89. The van der Waals surface area contributed by atoms with Gasteiger partial charge in [0.25, 0.3) is 0 Å². The number of nitrogens with one attached hydrogen (secondary N) is 1. The van der Waals surface area contributed by atoms with Gasteiger partial charge >= 0.3 is 0 Å². The molecule has 0 aliphatic heterocycles. The van der Waals surface area contributed by atoms with Gasteiger partial charge in [-0.2, -0.15) is 5.26 Å². The van der Waals surface area contributed by atoms with Crippen molar-refractivity contribution in [3.05, 3.63) is 64.2 Å². The van der Waals surface area contributed by atoms with Gasteiger partial charge in [-0.25, -0.2) is 0 Å². The van der Waals surface area contributed by atoms with Crippen molar-refractivity contribution in [2.24, 2.45) is 5.73 Å². The second-order valence-corrected chi connectivity index (χ2v) is 4.91. The maximum atomic E-state index is 12.1. The van der Waals surface area contributed by atoms with Crippen molar-refractivity contribution in [2.45, 2.75) is 13.0 Å². The standard InChI is InChI=1S/C16H14ClN3O/c17-14-7-11(9-18)5-6-15(14)20-16(21)8-12-3-1-2-4-13(12)10-19/h1-7H,8,10,19H2,(H,20,21). The average molecular weight is 300 g/mol. The molecule has 0 radical (unpaired) electrons. The van der Waals surface area contributed by atoms with Crippen LogP contribution in [0.2, 0.25) is 5.02 Å². The summed E-state index contributed by atoms with van der Waals surface area (Å²) in [6.07, 6.45) is 0.226. The van der Waals surface area contributed by atoms with Crippen LogP contribution in [0.15, 0.2) is 42.5 Å². The summed E-state index contributed by atoms with van der Waals surface area (Å²) in [7, 11) is 0. The molecule has 4 nitrogen and oxygen atoms in total. The number of benzene rings is 2. The molecule has 0 saturated heterocycles. The van der Waals surface area contributed by atoms with Crippen LogP contribution in [-0.2, 0) is 17.8 Å². The number of nitrogens with two attached hydrogens (primary N) is 1. The van der Waals surface area contributed by atoms with Crippen LogP contribution in [-0.4, -0.2) is 5.91 Å². The molecule has 0 aliphatic rings. The lowest BCUT2D eigenvalue weighted by molar-refractivity contribution is -0.115. The fourth-order valence-electron chi connectivity index (χ4n) is 1.98. The second-order valence-electron chi connectivity index (χ2n) is 4.50. The van der Waals surface area contributed by atoms with Gasteiger partial charge in [-0.3, -0.25) is 4.79 Å². The Hall–Kier alpha value is -2.35. The minimum absolute atomic E-state index is 0.178. The lowest BCUT2D eigenvalue weighted by Gasteiger charge is -2.10. The molecule has 0 unspecified atom stereocenters. The molecule has 5 heteroatoms. The van der Waals surface area contributed by atoms with Crippen molar-refractivity contribution in [1.82, 2.24) is 0 Å². The minimum atomic E-state index is -0.178. The van der Waals surface area contributed by atoms with E-state index in [0.29, 0.717) is 22.8 Å². The first-order chi connectivity index (χ1) is 10.1. The maximum Gasteiger partial charge on any atom is 0.228 e. The molecule has 0 saturated carbocycles. The van der Waals surface area contributed by atoms with Crippen molar-refractivity contribution in [1.29, 1.82) is 5.26 Å². The Morgan fingerprint density at radius 3 is 2.57 bits per heavy atom. The van der Waals surface area contributed by atoms with Crippen LogP contribution in [0, 0.1) is 11.3 Å². The quantitative estimate of drug-likeness (QED) is 0.911. The summed E-state index contributed by atoms with van der Waals surface area (Å²) >= 11 is 6.03. The maximum absolute atomic E-state index is 12.1. The Labute approximate surface area is 128 Å². The van der Waals surface area contributed by atoms with Gasteiger partial charge in [-0.05, 0) is 29.3 Å². The van der Waals surface area contributed by atoms with Crippen LogP contribution in [0.3, 0.4) is 0 Å². The fraction of sp³-hybridized carbons (Fsp3) is 0.125. The van der Waals surface area contributed by atoms with Crippen LogP contribution >= 0.6 is 11.6 Å². The van der Waals surface area contributed by atoms with Crippen molar-refractivity contribution >= 4 is 23.2 Å². The van der Waals surface area contributed by atoms with Gasteiger partial charge in [-0.1, -0.05) is 35.9 Å². The topological polar surface area (TPSA) is 78.9 Å². The Kier molecular flexibility index (Phi) is 4.94. The van der Waals surface area contributed by atoms with Crippen LogP contribution in [0.1, 0.15) is 16.7 Å². The van der Waals surface area contributed by atoms with Gasteiger partial charge in [0.05, 0.1) is 28.8 Å². The Morgan fingerprint density at radius 1 is 1.24 bits per heavy atom. The molecule has 2 aromatic carbocycles. The fourth-order valence-corrected chi connectivity index (χ4v) is 2.21. The third-order valence-corrected chi connectivity index (χ3v) is 3.37. The van der Waals surface area contributed by atoms with Gasteiger partial charge in [0, 0.05) is 6.54 Å². The van der Waals surface area contributed by atoms with E-state index >= 15 is 0 Å².